The molecule has 138 valence electrons. The van der Waals surface area contributed by atoms with Gasteiger partial charge in [-0.3, -0.25) is 9.97 Å². The normalized spacial score (nSPS) is 10.9. The van der Waals surface area contributed by atoms with E-state index in [0.29, 0.717) is 16.9 Å². The van der Waals surface area contributed by atoms with E-state index in [0.717, 1.165) is 27.6 Å². The lowest BCUT2D eigenvalue weighted by atomic mass is 9.98. The van der Waals surface area contributed by atoms with Gasteiger partial charge < -0.3 is 0 Å². The maximum absolute atomic E-state index is 14.4. The van der Waals surface area contributed by atoms with Crippen LogP contribution in [0.15, 0.2) is 91.6 Å². The summed E-state index contributed by atoms with van der Waals surface area (Å²) in [5.41, 5.74) is 5.29. The summed E-state index contributed by atoms with van der Waals surface area (Å²) in [4.78, 5) is 17.6. The van der Waals surface area contributed by atoms with E-state index >= 15 is 0 Å². The van der Waals surface area contributed by atoms with Crippen LogP contribution in [0.5, 0.6) is 0 Å². The fourth-order valence-corrected chi connectivity index (χ4v) is 3.38. The minimum atomic E-state index is -0.316. The number of halogens is 1. The van der Waals surface area contributed by atoms with Gasteiger partial charge in [-0.15, -0.1) is 0 Å². The SMILES string of the molecule is Fc1ccccc1-c1cc(-c2cncc(-c3cccnc3)c2)c2cccnc2n1. The Morgan fingerprint density at radius 1 is 0.655 bits per heavy atom. The van der Waals surface area contributed by atoms with E-state index in [-0.39, 0.29) is 5.82 Å². The highest BCUT2D eigenvalue weighted by atomic mass is 19.1. The first-order valence-electron chi connectivity index (χ1n) is 9.16. The molecule has 0 aliphatic rings. The van der Waals surface area contributed by atoms with Crippen molar-refractivity contribution in [3.05, 3.63) is 97.5 Å². The van der Waals surface area contributed by atoms with Crippen molar-refractivity contribution in [2.75, 3.05) is 0 Å². The zero-order valence-electron chi connectivity index (χ0n) is 15.3. The average Bonchev–Trinajstić information content (AvgIpc) is 2.79. The van der Waals surface area contributed by atoms with Crippen LogP contribution in [0, 0.1) is 5.82 Å². The molecule has 0 atom stereocenters. The first-order chi connectivity index (χ1) is 14.3. The van der Waals surface area contributed by atoms with Crippen LogP contribution in [-0.4, -0.2) is 19.9 Å². The Labute approximate surface area is 166 Å². The molecule has 0 saturated carbocycles. The number of hydrogen-bond acceptors (Lipinski definition) is 4. The Morgan fingerprint density at radius 2 is 1.48 bits per heavy atom. The second kappa shape index (κ2) is 7.20. The monoisotopic (exact) mass is 378 g/mol. The molecule has 4 heterocycles. The standard InChI is InChI=1S/C24H15FN4/c25-22-8-2-1-6-20(22)23-12-21(19-7-4-10-28-24(19)29-23)18-11-17(14-27-15-18)16-5-3-9-26-13-16/h1-15H. The highest BCUT2D eigenvalue weighted by molar-refractivity contribution is 5.95. The molecule has 0 unspecified atom stereocenters. The Balaban J connectivity index is 1.74. The van der Waals surface area contributed by atoms with Gasteiger partial charge in [-0.2, -0.15) is 0 Å². The van der Waals surface area contributed by atoms with Crippen LogP contribution in [0.4, 0.5) is 4.39 Å². The number of hydrogen-bond donors (Lipinski definition) is 0. The maximum Gasteiger partial charge on any atom is 0.160 e. The lowest BCUT2D eigenvalue weighted by Gasteiger charge is -2.11. The predicted octanol–water partition coefficient (Wildman–Crippen LogP) is 5.56. The van der Waals surface area contributed by atoms with Gasteiger partial charge in [0.1, 0.15) is 5.82 Å². The number of pyridine rings is 4. The van der Waals surface area contributed by atoms with Gasteiger partial charge in [0.25, 0.3) is 0 Å². The molecule has 29 heavy (non-hydrogen) atoms. The van der Waals surface area contributed by atoms with Crippen LogP contribution in [0.1, 0.15) is 0 Å². The van der Waals surface area contributed by atoms with Crippen LogP contribution < -0.4 is 0 Å². The van der Waals surface area contributed by atoms with Crippen molar-refractivity contribution in [2.45, 2.75) is 0 Å². The van der Waals surface area contributed by atoms with E-state index in [9.17, 15) is 4.39 Å². The Morgan fingerprint density at radius 3 is 2.34 bits per heavy atom. The molecule has 0 fully saturated rings. The fourth-order valence-electron chi connectivity index (χ4n) is 3.38. The molecule has 0 amide bonds. The molecule has 0 aliphatic carbocycles. The van der Waals surface area contributed by atoms with Crippen LogP contribution >= 0.6 is 0 Å². The summed E-state index contributed by atoms with van der Waals surface area (Å²) < 4.78 is 14.4. The summed E-state index contributed by atoms with van der Waals surface area (Å²) in [7, 11) is 0. The van der Waals surface area contributed by atoms with Crippen molar-refractivity contribution in [2.24, 2.45) is 0 Å². The van der Waals surface area contributed by atoms with Gasteiger partial charge in [-0.05, 0) is 48.0 Å². The predicted molar refractivity (Wildman–Crippen MR) is 111 cm³/mol. The van der Waals surface area contributed by atoms with E-state index in [4.69, 9.17) is 0 Å². The molecule has 5 heteroatoms. The average molecular weight is 378 g/mol. The molecule has 0 saturated heterocycles. The van der Waals surface area contributed by atoms with Crippen molar-refractivity contribution >= 4 is 11.0 Å². The summed E-state index contributed by atoms with van der Waals surface area (Å²) in [6.45, 7) is 0. The van der Waals surface area contributed by atoms with Gasteiger partial charge in [0.05, 0.1) is 5.69 Å². The van der Waals surface area contributed by atoms with E-state index in [1.54, 1.807) is 49.2 Å². The van der Waals surface area contributed by atoms with Crippen LogP contribution in [0.2, 0.25) is 0 Å². The van der Waals surface area contributed by atoms with Crippen molar-refractivity contribution in [3.63, 3.8) is 0 Å². The van der Waals surface area contributed by atoms with Crippen molar-refractivity contribution in [3.8, 4) is 33.5 Å². The molecule has 0 spiro atoms. The van der Waals surface area contributed by atoms with Crippen LogP contribution in [0.3, 0.4) is 0 Å². The quantitative estimate of drug-likeness (QED) is 0.412. The highest BCUT2D eigenvalue weighted by Crippen LogP contribution is 2.33. The van der Waals surface area contributed by atoms with Crippen molar-refractivity contribution in [1.29, 1.82) is 0 Å². The summed E-state index contributed by atoms with van der Waals surface area (Å²) in [5, 5.41) is 0.887. The second-order valence-corrected chi connectivity index (χ2v) is 6.61. The summed E-state index contributed by atoms with van der Waals surface area (Å²) in [6, 6.07) is 18.3. The number of nitrogens with zero attached hydrogens (tertiary/aromatic N) is 4. The van der Waals surface area contributed by atoms with Gasteiger partial charge in [0.2, 0.25) is 0 Å². The fraction of sp³-hybridized carbons (Fsp3) is 0. The zero-order chi connectivity index (χ0) is 19.6. The Bertz CT molecular complexity index is 1320. The first-order valence-corrected chi connectivity index (χ1v) is 9.16. The largest absolute Gasteiger partial charge is 0.264 e. The molecule has 5 aromatic rings. The Kier molecular flexibility index (Phi) is 4.26. The van der Waals surface area contributed by atoms with Crippen molar-refractivity contribution in [1.82, 2.24) is 19.9 Å². The number of benzene rings is 1. The van der Waals surface area contributed by atoms with Crippen LogP contribution in [0.25, 0.3) is 44.5 Å². The van der Waals surface area contributed by atoms with Gasteiger partial charge in [-0.1, -0.05) is 18.2 Å². The van der Waals surface area contributed by atoms with E-state index in [2.05, 4.69) is 26.0 Å². The minimum Gasteiger partial charge on any atom is -0.264 e. The molecular weight excluding hydrogens is 363 g/mol. The topological polar surface area (TPSA) is 51.6 Å². The molecule has 1 aromatic carbocycles. The summed E-state index contributed by atoms with van der Waals surface area (Å²) in [6.07, 6.45) is 8.84. The van der Waals surface area contributed by atoms with Gasteiger partial charge >= 0.3 is 0 Å². The van der Waals surface area contributed by atoms with E-state index in [1.165, 1.54) is 6.07 Å². The zero-order valence-corrected chi connectivity index (χ0v) is 15.3. The molecule has 0 N–H and O–H groups in total. The van der Waals surface area contributed by atoms with Crippen LogP contribution in [-0.2, 0) is 0 Å². The van der Waals surface area contributed by atoms with Gasteiger partial charge in [0.15, 0.2) is 5.65 Å². The van der Waals surface area contributed by atoms with Crippen molar-refractivity contribution < 1.29 is 4.39 Å². The molecule has 4 nitrogen and oxygen atoms in total. The summed E-state index contributed by atoms with van der Waals surface area (Å²) >= 11 is 0. The number of fused-ring (bicyclic) bond motifs is 1. The third-order valence-electron chi connectivity index (χ3n) is 4.78. The van der Waals surface area contributed by atoms with Gasteiger partial charge in [-0.25, -0.2) is 14.4 Å². The minimum absolute atomic E-state index is 0.316. The third kappa shape index (κ3) is 3.23. The molecule has 0 radical (unpaired) electrons. The lowest BCUT2D eigenvalue weighted by molar-refractivity contribution is 0.631. The molecule has 4 aromatic heterocycles. The molecular formula is C24H15FN4. The number of aromatic nitrogens is 4. The Hall–Kier alpha value is -3.99. The maximum atomic E-state index is 14.4. The van der Waals surface area contributed by atoms with E-state index < -0.39 is 0 Å². The van der Waals surface area contributed by atoms with Gasteiger partial charge in [0, 0.05) is 58.6 Å². The van der Waals surface area contributed by atoms with E-state index in [1.807, 2.05) is 30.3 Å². The smallest absolute Gasteiger partial charge is 0.160 e. The molecule has 0 bridgehead atoms. The third-order valence-corrected chi connectivity index (χ3v) is 4.78. The molecule has 5 rings (SSSR count). The molecule has 0 aliphatic heterocycles. The second-order valence-electron chi connectivity index (χ2n) is 6.61. The number of rotatable bonds is 3. The summed E-state index contributed by atoms with van der Waals surface area (Å²) in [5.74, 6) is -0.316. The lowest BCUT2D eigenvalue weighted by Crippen LogP contribution is -1.94. The first kappa shape index (κ1) is 17.1. The highest BCUT2D eigenvalue weighted by Gasteiger charge is 2.13.